The SMILES string of the molecule is C=C(Nc1ccc(C)cc1F)C(C(C)OC)N(C(C)=O)C(=O)Cc1ccc(O)cc1. The van der Waals surface area contributed by atoms with Crippen LogP contribution in [-0.2, 0) is 20.7 Å². The number of rotatable bonds is 8. The fourth-order valence-corrected chi connectivity index (χ4v) is 3.15. The Morgan fingerprint density at radius 1 is 1.23 bits per heavy atom. The zero-order valence-corrected chi connectivity index (χ0v) is 17.6. The van der Waals surface area contributed by atoms with E-state index in [0.29, 0.717) is 5.56 Å². The second-order valence-electron chi connectivity index (χ2n) is 7.15. The van der Waals surface area contributed by atoms with Gasteiger partial charge in [0.2, 0.25) is 11.8 Å². The van der Waals surface area contributed by atoms with Gasteiger partial charge in [-0.15, -0.1) is 0 Å². The van der Waals surface area contributed by atoms with Crippen LogP contribution in [0.3, 0.4) is 0 Å². The zero-order chi connectivity index (χ0) is 22.4. The molecule has 0 aliphatic carbocycles. The van der Waals surface area contributed by atoms with Gasteiger partial charge in [0.05, 0.1) is 18.2 Å². The lowest BCUT2D eigenvalue weighted by molar-refractivity contribution is -0.147. The second kappa shape index (κ2) is 10.0. The predicted octanol–water partition coefficient (Wildman–Crippen LogP) is 3.79. The topological polar surface area (TPSA) is 78.9 Å². The normalized spacial score (nSPS) is 12.7. The molecule has 0 aliphatic rings. The number of ether oxygens (including phenoxy) is 1. The molecule has 0 spiro atoms. The first kappa shape index (κ1) is 23.1. The van der Waals surface area contributed by atoms with Crippen LogP contribution in [0.1, 0.15) is 25.0 Å². The van der Waals surface area contributed by atoms with Gasteiger partial charge in [0.25, 0.3) is 0 Å². The number of imide groups is 1. The molecule has 0 saturated carbocycles. The van der Waals surface area contributed by atoms with Crippen molar-refractivity contribution < 1.29 is 23.8 Å². The molecule has 0 fully saturated rings. The number of methoxy groups -OCH3 is 1. The van der Waals surface area contributed by atoms with E-state index in [1.165, 1.54) is 32.2 Å². The molecule has 0 aromatic heterocycles. The Balaban J connectivity index is 2.32. The van der Waals surface area contributed by atoms with E-state index in [0.717, 1.165) is 10.5 Å². The maximum Gasteiger partial charge on any atom is 0.234 e. The highest BCUT2D eigenvalue weighted by Gasteiger charge is 2.34. The van der Waals surface area contributed by atoms with Gasteiger partial charge in [0, 0.05) is 19.7 Å². The quantitative estimate of drug-likeness (QED) is 0.687. The molecule has 2 aromatic rings. The third kappa shape index (κ3) is 5.67. The summed E-state index contributed by atoms with van der Waals surface area (Å²) < 4.78 is 19.7. The molecule has 2 amide bonds. The van der Waals surface area contributed by atoms with Crippen LogP contribution in [0.4, 0.5) is 10.1 Å². The molecular formula is C23H27FN2O4. The molecule has 2 rings (SSSR count). The van der Waals surface area contributed by atoms with Crippen molar-refractivity contribution in [3.63, 3.8) is 0 Å². The monoisotopic (exact) mass is 414 g/mol. The molecule has 7 heteroatoms. The number of benzene rings is 2. The summed E-state index contributed by atoms with van der Waals surface area (Å²) in [5.41, 5.74) is 1.84. The first-order valence-electron chi connectivity index (χ1n) is 9.49. The van der Waals surface area contributed by atoms with Gasteiger partial charge in [-0.2, -0.15) is 0 Å². The van der Waals surface area contributed by atoms with Gasteiger partial charge in [-0.1, -0.05) is 24.8 Å². The summed E-state index contributed by atoms with van der Waals surface area (Å²) in [5, 5.41) is 12.3. The Kier molecular flexibility index (Phi) is 7.72. The molecule has 160 valence electrons. The highest BCUT2D eigenvalue weighted by molar-refractivity contribution is 5.96. The molecule has 2 N–H and O–H groups in total. The largest absolute Gasteiger partial charge is 0.508 e. The minimum Gasteiger partial charge on any atom is -0.508 e. The maximum absolute atomic E-state index is 14.3. The molecule has 2 atom stereocenters. The number of amides is 2. The van der Waals surface area contributed by atoms with E-state index < -0.39 is 29.8 Å². The summed E-state index contributed by atoms with van der Waals surface area (Å²) in [7, 11) is 1.46. The summed E-state index contributed by atoms with van der Waals surface area (Å²) in [4.78, 5) is 26.5. The summed E-state index contributed by atoms with van der Waals surface area (Å²) in [5.74, 6) is -1.34. The number of halogens is 1. The number of nitrogens with one attached hydrogen (secondary N) is 1. The Labute approximate surface area is 176 Å². The van der Waals surface area contributed by atoms with Crippen LogP contribution in [0.2, 0.25) is 0 Å². The van der Waals surface area contributed by atoms with E-state index in [9.17, 15) is 19.1 Å². The lowest BCUT2D eigenvalue weighted by Crippen LogP contribution is -2.51. The number of phenols is 1. The fraction of sp³-hybridized carbons (Fsp3) is 0.304. The molecule has 30 heavy (non-hydrogen) atoms. The molecule has 0 bridgehead atoms. The van der Waals surface area contributed by atoms with Gasteiger partial charge in [-0.05, 0) is 49.2 Å². The average molecular weight is 414 g/mol. The predicted molar refractivity (Wildman–Crippen MR) is 113 cm³/mol. The van der Waals surface area contributed by atoms with E-state index in [1.807, 2.05) is 0 Å². The molecule has 2 aromatic carbocycles. The number of hydrogen-bond donors (Lipinski definition) is 2. The molecule has 2 unspecified atom stereocenters. The first-order valence-corrected chi connectivity index (χ1v) is 9.49. The minimum atomic E-state index is -0.863. The van der Waals surface area contributed by atoms with Crippen LogP contribution in [0, 0.1) is 12.7 Å². The Morgan fingerprint density at radius 3 is 2.40 bits per heavy atom. The van der Waals surface area contributed by atoms with Crippen molar-refractivity contribution in [2.45, 2.75) is 39.3 Å². The highest BCUT2D eigenvalue weighted by atomic mass is 19.1. The summed E-state index contributed by atoms with van der Waals surface area (Å²) >= 11 is 0. The zero-order valence-electron chi connectivity index (χ0n) is 17.6. The van der Waals surface area contributed by atoms with Crippen molar-refractivity contribution in [3.8, 4) is 5.75 Å². The second-order valence-corrected chi connectivity index (χ2v) is 7.15. The number of hydrogen-bond acceptors (Lipinski definition) is 5. The van der Waals surface area contributed by atoms with E-state index in [4.69, 9.17) is 4.74 Å². The third-order valence-corrected chi connectivity index (χ3v) is 4.77. The van der Waals surface area contributed by atoms with Gasteiger partial charge in [-0.3, -0.25) is 14.5 Å². The number of carbonyl (C=O) groups is 2. The molecular weight excluding hydrogens is 387 g/mol. The minimum absolute atomic E-state index is 0.0566. The molecule has 6 nitrogen and oxygen atoms in total. The summed E-state index contributed by atoms with van der Waals surface area (Å²) in [6, 6.07) is 9.98. The van der Waals surface area contributed by atoms with Gasteiger partial charge in [0.1, 0.15) is 17.6 Å². The van der Waals surface area contributed by atoms with Crippen molar-refractivity contribution in [3.05, 3.63) is 71.7 Å². The van der Waals surface area contributed by atoms with Crippen molar-refractivity contribution in [2.24, 2.45) is 0 Å². The van der Waals surface area contributed by atoms with E-state index in [1.54, 1.807) is 38.1 Å². The Morgan fingerprint density at radius 2 is 1.87 bits per heavy atom. The molecule has 0 heterocycles. The van der Waals surface area contributed by atoms with Crippen molar-refractivity contribution in [2.75, 3.05) is 12.4 Å². The highest BCUT2D eigenvalue weighted by Crippen LogP contribution is 2.23. The van der Waals surface area contributed by atoms with Crippen LogP contribution in [-0.4, -0.2) is 41.1 Å². The van der Waals surface area contributed by atoms with Crippen LogP contribution < -0.4 is 5.32 Å². The van der Waals surface area contributed by atoms with Crippen molar-refractivity contribution in [1.82, 2.24) is 4.90 Å². The summed E-state index contributed by atoms with van der Waals surface area (Å²) in [6.45, 7) is 8.71. The standard InChI is InChI=1S/C23H27FN2O4/c1-14-6-11-21(20(24)12-14)25-15(2)23(16(3)30-5)26(17(4)27)22(29)13-18-7-9-19(28)10-8-18/h6-12,16,23,25,28H,2,13H2,1,3-5H3. The van der Waals surface area contributed by atoms with Gasteiger partial charge < -0.3 is 15.2 Å². The van der Waals surface area contributed by atoms with E-state index in [-0.39, 0.29) is 23.6 Å². The number of carbonyl (C=O) groups excluding carboxylic acids is 2. The number of anilines is 1. The van der Waals surface area contributed by atoms with Gasteiger partial charge >= 0.3 is 0 Å². The third-order valence-electron chi connectivity index (χ3n) is 4.77. The molecule has 0 saturated heterocycles. The fourth-order valence-electron chi connectivity index (χ4n) is 3.15. The van der Waals surface area contributed by atoms with Crippen LogP contribution in [0.5, 0.6) is 5.75 Å². The van der Waals surface area contributed by atoms with Gasteiger partial charge in [0.15, 0.2) is 0 Å². The number of aryl methyl sites for hydroxylation is 1. The van der Waals surface area contributed by atoms with Gasteiger partial charge in [-0.25, -0.2) is 4.39 Å². The maximum atomic E-state index is 14.3. The first-order chi connectivity index (χ1) is 14.1. The average Bonchev–Trinajstić information content (AvgIpc) is 2.68. The number of phenolic OH excluding ortho intramolecular Hbond substituents is 1. The van der Waals surface area contributed by atoms with Crippen molar-refractivity contribution in [1.29, 1.82) is 0 Å². The molecule has 0 aliphatic heterocycles. The van der Waals surface area contributed by atoms with Crippen molar-refractivity contribution >= 4 is 17.5 Å². The lowest BCUT2D eigenvalue weighted by Gasteiger charge is -2.34. The van der Waals surface area contributed by atoms with Crippen LogP contribution >= 0.6 is 0 Å². The Hall–Kier alpha value is -3.19. The lowest BCUT2D eigenvalue weighted by atomic mass is 10.0. The van der Waals surface area contributed by atoms with Crippen LogP contribution in [0.15, 0.2) is 54.7 Å². The van der Waals surface area contributed by atoms with E-state index >= 15 is 0 Å². The molecule has 0 radical (unpaired) electrons. The number of aromatic hydroxyl groups is 1. The summed E-state index contributed by atoms with van der Waals surface area (Å²) in [6.07, 6.45) is -0.648. The van der Waals surface area contributed by atoms with Crippen LogP contribution in [0.25, 0.3) is 0 Å². The Bertz CT molecular complexity index is 927. The smallest absolute Gasteiger partial charge is 0.234 e. The number of nitrogens with zero attached hydrogens (tertiary/aromatic N) is 1. The van der Waals surface area contributed by atoms with E-state index in [2.05, 4.69) is 11.9 Å².